The maximum atomic E-state index is 12.6. The van der Waals surface area contributed by atoms with E-state index in [-0.39, 0.29) is 26.1 Å². The molecular weight excluding hydrogens is 713 g/mol. The number of carbonyl (C=O) groups excluding carboxylic acids is 2. The van der Waals surface area contributed by atoms with Crippen molar-refractivity contribution in [3.63, 3.8) is 0 Å². The second-order valence-electron chi connectivity index (χ2n) is 15.4. The Morgan fingerprint density at radius 1 is 0.582 bits per heavy atom. The van der Waals surface area contributed by atoms with Gasteiger partial charge in [0.1, 0.15) is 19.8 Å². The van der Waals surface area contributed by atoms with E-state index in [0.717, 1.165) is 64.2 Å². The number of phosphoric acid groups is 1. The molecule has 1 N–H and O–H groups in total. The number of likely N-dealkylation sites (N-methyl/N-ethyl adjacent to an activating group) is 1. The predicted molar refractivity (Wildman–Crippen MR) is 229 cm³/mol. The normalized spacial score (nSPS) is 14.2. The van der Waals surface area contributed by atoms with Crippen molar-refractivity contribution in [1.29, 1.82) is 0 Å². The zero-order valence-electron chi connectivity index (χ0n) is 35.6. The van der Waals surface area contributed by atoms with Gasteiger partial charge in [-0.3, -0.25) is 18.6 Å². The van der Waals surface area contributed by atoms with E-state index < -0.39 is 32.5 Å². The Kier molecular flexibility index (Phi) is 35.7. The number of allylic oxidation sites excluding steroid dienone is 10. The summed E-state index contributed by atoms with van der Waals surface area (Å²) >= 11 is 0. The zero-order chi connectivity index (χ0) is 40.7. The lowest BCUT2D eigenvalue weighted by atomic mass is 10.0. The van der Waals surface area contributed by atoms with Crippen LogP contribution >= 0.6 is 7.82 Å². The highest BCUT2D eigenvalue weighted by Crippen LogP contribution is 2.43. The zero-order valence-corrected chi connectivity index (χ0v) is 36.5. The molecule has 2 atom stereocenters. The Balaban J connectivity index is 4.42. The molecule has 0 saturated heterocycles. The van der Waals surface area contributed by atoms with E-state index in [2.05, 4.69) is 74.6 Å². The quantitative estimate of drug-likeness (QED) is 0.0216. The molecule has 0 spiro atoms. The Hall–Kier alpha value is -2.29. The summed E-state index contributed by atoms with van der Waals surface area (Å²) in [4.78, 5) is 35.3. The molecule has 318 valence electrons. The standard InChI is InChI=1S/C45H80NO8P/c1-6-8-10-12-14-16-18-20-21-22-23-24-25-26-28-29-31-33-35-37-44(47)51-41-43(42-53-55(49,50)52-40-39-46(3,4)5)54-45(48)38-36-34-32-30-27-19-17-15-13-11-9-7-2/h8,10,14,16,20-21,23-24,26,28,43H,6-7,9,11-13,15,17-19,22,25,27,29-42H2,1-5H3/p+1/b10-8-,16-14-,21-20-,24-23-,28-26-/t43-/m1/s1. The molecule has 0 fully saturated rings. The highest BCUT2D eigenvalue weighted by Gasteiger charge is 2.27. The minimum absolute atomic E-state index is 0.0246. The SMILES string of the molecule is CC/C=C\C/C=C\C/C=C\C/C=C\C/C=C\CCCCCC(=O)OC[C@H](COP(=O)(O)OCC[N+](C)(C)C)OC(=O)CCCCCCCCCCCCCC. The van der Waals surface area contributed by atoms with Gasteiger partial charge in [0, 0.05) is 12.8 Å². The largest absolute Gasteiger partial charge is 0.472 e. The number of quaternary nitrogens is 1. The Morgan fingerprint density at radius 2 is 1.04 bits per heavy atom. The fourth-order valence-electron chi connectivity index (χ4n) is 5.45. The summed E-state index contributed by atoms with van der Waals surface area (Å²) in [6, 6.07) is 0. The smallest absolute Gasteiger partial charge is 0.462 e. The van der Waals surface area contributed by atoms with Gasteiger partial charge in [-0.2, -0.15) is 0 Å². The molecule has 0 saturated carbocycles. The number of hydrogen-bond donors (Lipinski definition) is 1. The van der Waals surface area contributed by atoms with Crippen LogP contribution in [-0.2, 0) is 32.7 Å². The molecule has 0 heterocycles. The molecule has 0 rings (SSSR count). The van der Waals surface area contributed by atoms with Crippen molar-refractivity contribution in [2.45, 2.75) is 168 Å². The number of ether oxygens (including phenoxy) is 2. The van der Waals surface area contributed by atoms with Crippen molar-refractivity contribution in [3.05, 3.63) is 60.8 Å². The van der Waals surface area contributed by atoms with Gasteiger partial charge in [0.15, 0.2) is 6.10 Å². The summed E-state index contributed by atoms with van der Waals surface area (Å²) in [7, 11) is 1.45. The number of carbonyl (C=O) groups is 2. The molecule has 0 aromatic heterocycles. The molecule has 0 radical (unpaired) electrons. The number of unbranched alkanes of at least 4 members (excludes halogenated alkanes) is 14. The second kappa shape index (κ2) is 37.3. The summed E-state index contributed by atoms with van der Waals surface area (Å²) in [5.74, 6) is -0.839. The highest BCUT2D eigenvalue weighted by atomic mass is 31.2. The van der Waals surface area contributed by atoms with Crippen LogP contribution in [0.25, 0.3) is 0 Å². The van der Waals surface area contributed by atoms with Crippen LogP contribution in [0, 0.1) is 0 Å². The number of phosphoric ester groups is 1. The monoisotopic (exact) mass is 795 g/mol. The molecule has 0 aliphatic heterocycles. The Labute approximate surface area is 336 Å². The van der Waals surface area contributed by atoms with Crippen molar-refractivity contribution < 1.29 is 42.1 Å². The van der Waals surface area contributed by atoms with E-state index in [9.17, 15) is 19.0 Å². The van der Waals surface area contributed by atoms with Gasteiger partial charge >= 0.3 is 19.8 Å². The fraction of sp³-hybridized carbons (Fsp3) is 0.733. The van der Waals surface area contributed by atoms with Crippen LogP contribution in [0.5, 0.6) is 0 Å². The van der Waals surface area contributed by atoms with E-state index in [0.29, 0.717) is 23.9 Å². The third-order valence-electron chi connectivity index (χ3n) is 8.81. The van der Waals surface area contributed by atoms with E-state index in [1.807, 2.05) is 21.1 Å². The lowest BCUT2D eigenvalue weighted by molar-refractivity contribution is -0.870. The summed E-state index contributed by atoms with van der Waals surface area (Å²) in [6.45, 7) is 4.25. The van der Waals surface area contributed by atoms with Gasteiger partial charge in [0.2, 0.25) is 0 Å². The maximum absolute atomic E-state index is 12.6. The first-order valence-electron chi connectivity index (χ1n) is 21.5. The van der Waals surface area contributed by atoms with E-state index in [4.69, 9.17) is 18.5 Å². The van der Waals surface area contributed by atoms with Crippen molar-refractivity contribution >= 4 is 19.8 Å². The summed E-state index contributed by atoms with van der Waals surface area (Å²) in [5, 5.41) is 0. The molecule has 0 aromatic rings. The van der Waals surface area contributed by atoms with Gasteiger partial charge in [-0.15, -0.1) is 0 Å². The molecule has 10 heteroatoms. The molecule has 0 aliphatic carbocycles. The Bertz CT molecular complexity index is 1120. The molecule has 0 amide bonds. The van der Waals surface area contributed by atoms with Crippen LogP contribution in [0.3, 0.4) is 0 Å². The van der Waals surface area contributed by atoms with Crippen LogP contribution < -0.4 is 0 Å². The number of rotatable bonds is 38. The topological polar surface area (TPSA) is 108 Å². The first kappa shape index (κ1) is 52.7. The number of esters is 2. The van der Waals surface area contributed by atoms with Crippen LogP contribution in [0.15, 0.2) is 60.8 Å². The second-order valence-corrected chi connectivity index (χ2v) is 16.8. The number of hydrogen-bond acceptors (Lipinski definition) is 7. The molecule has 0 aromatic carbocycles. The van der Waals surface area contributed by atoms with Crippen molar-refractivity contribution in [2.75, 3.05) is 47.5 Å². The first-order valence-corrected chi connectivity index (χ1v) is 23.0. The van der Waals surface area contributed by atoms with Crippen LogP contribution in [0.1, 0.15) is 162 Å². The lowest BCUT2D eigenvalue weighted by Gasteiger charge is -2.24. The minimum Gasteiger partial charge on any atom is -0.462 e. The van der Waals surface area contributed by atoms with Crippen LogP contribution in [0.2, 0.25) is 0 Å². The minimum atomic E-state index is -4.38. The maximum Gasteiger partial charge on any atom is 0.472 e. The van der Waals surface area contributed by atoms with Crippen LogP contribution in [-0.4, -0.2) is 74.9 Å². The van der Waals surface area contributed by atoms with Crippen molar-refractivity contribution in [1.82, 2.24) is 0 Å². The fourth-order valence-corrected chi connectivity index (χ4v) is 6.19. The number of nitrogens with zero attached hydrogens (tertiary/aromatic N) is 1. The Morgan fingerprint density at radius 3 is 1.55 bits per heavy atom. The molecular formula is C45H81NO8P+. The average Bonchev–Trinajstić information content (AvgIpc) is 3.13. The van der Waals surface area contributed by atoms with E-state index in [1.165, 1.54) is 57.8 Å². The lowest BCUT2D eigenvalue weighted by Crippen LogP contribution is -2.37. The van der Waals surface area contributed by atoms with E-state index >= 15 is 0 Å². The van der Waals surface area contributed by atoms with Gasteiger partial charge in [0.25, 0.3) is 0 Å². The van der Waals surface area contributed by atoms with Gasteiger partial charge in [-0.25, -0.2) is 4.57 Å². The average molecular weight is 795 g/mol. The van der Waals surface area contributed by atoms with E-state index in [1.54, 1.807) is 0 Å². The van der Waals surface area contributed by atoms with Gasteiger partial charge in [-0.05, 0) is 57.8 Å². The molecule has 55 heavy (non-hydrogen) atoms. The summed E-state index contributed by atoms with van der Waals surface area (Å²) < 4.78 is 34.2. The summed E-state index contributed by atoms with van der Waals surface area (Å²) in [5.41, 5.74) is 0. The molecule has 9 nitrogen and oxygen atoms in total. The van der Waals surface area contributed by atoms with Gasteiger partial charge in [0.05, 0.1) is 27.7 Å². The molecule has 1 unspecified atom stereocenters. The third kappa shape index (κ3) is 41.2. The van der Waals surface area contributed by atoms with Crippen molar-refractivity contribution in [2.24, 2.45) is 0 Å². The first-order chi connectivity index (χ1) is 26.5. The molecule has 0 aliphatic rings. The van der Waals surface area contributed by atoms with Gasteiger partial charge < -0.3 is 18.9 Å². The highest BCUT2D eigenvalue weighted by molar-refractivity contribution is 7.47. The molecule has 0 bridgehead atoms. The third-order valence-corrected chi connectivity index (χ3v) is 9.80. The van der Waals surface area contributed by atoms with Gasteiger partial charge in [-0.1, -0.05) is 152 Å². The predicted octanol–water partition coefficient (Wildman–Crippen LogP) is 12.1. The van der Waals surface area contributed by atoms with Crippen LogP contribution in [0.4, 0.5) is 0 Å². The van der Waals surface area contributed by atoms with Crippen molar-refractivity contribution in [3.8, 4) is 0 Å². The summed E-state index contributed by atoms with van der Waals surface area (Å²) in [6.07, 6.45) is 44.1.